The predicted octanol–water partition coefficient (Wildman–Crippen LogP) is 3.41. The van der Waals surface area contributed by atoms with Gasteiger partial charge in [-0.1, -0.05) is 48.0 Å². The highest BCUT2D eigenvalue weighted by molar-refractivity contribution is 5.78. The van der Waals surface area contributed by atoms with Gasteiger partial charge in [-0.3, -0.25) is 9.69 Å². The van der Waals surface area contributed by atoms with Crippen molar-refractivity contribution in [1.29, 1.82) is 0 Å². The molecule has 1 fully saturated rings. The van der Waals surface area contributed by atoms with Gasteiger partial charge in [-0.15, -0.1) is 0 Å². The number of rotatable bonds is 7. The van der Waals surface area contributed by atoms with E-state index in [2.05, 4.69) is 35.3 Å². The lowest BCUT2D eigenvalue weighted by atomic mass is 10.1. The SMILES string of the molecule is Cc1cccc(CN(CC(=O)NCc2ccccc2F)C2CC2)c1. The van der Waals surface area contributed by atoms with E-state index < -0.39 is 0 Å². The Kier molecular flexibility index (Phi) is 5.26. The Morgan fingerprint density at radius 2 is 2.00 bits per heavy atom. The van der Waals surface area contributed by atoms with E-state index in [1.165, 1.54) is 17.2 Å². The van der Waals surface area contributed by atoms with E-state index in [1.807, 2.05) is 6.07 Å². The lowest BCUT2D eigenvalue weighted by Gasteiger charge is -2.21. The lowest BCUT2D eigenvalue weighted by Crippen LogP contribution is -2.38. The molecule has 3 rings (SSSR count). The summed E-state index contributed by atoms with van der Waals surface area (Å²) in [6, 6.07) is 15.4. The summed E-state index contributed by atoms with van der Waals surface area (Å²) in [5, 5.41) is 2.83. The minimum Gasteiger partial charge on any atom is -0.351 e. The van der Waals surface area contributed by atoms with Crippen LogP contribution in [0.3, 0.4) is 0 Å². The van der Waals surface area contributed by atoms with Crippen LogP contribution < -0.4 is 5.32 Å². The summed E-state index contributed by atoms with van der Waals surface area (Å²) in [5.74, 6) is -0.339. The maximum atomic E-state index is 13.6. The number of nitrogens with zero attached hydrogens (tertiary/aromatic N) is 1. The van der Waals surface area contributed by atoms with Crippen molar-refractivity contribution in [1.82, 2.24) is 10.2 Å². The first-order valence-corrected chi connectivity index (χ1v) is 8.41. The molecule has 24 heavy (non-hydrogen) atoms. The van der Waals surface area contributed by atoms with E-state index in [4.69, 9.17) is 0 Å². The third kappa shape index (κ3) is 4.65. The maximum absolute atomic E-state index is 13.6. The van der Waals surface area contributed by atoms with Crippen LogP contribution in [0.1, 0.15) is 29.5 Å². The summed E-state index contributed by atoms with van der Waals surface area (Å²) in [4.78, 5) is 14.5. The molecule has 1 N–H and O–H groups in total. The van der Waals surface area contributed by atoms with Gasteiger partial charge in [-0.25, -0.2) is 4.39 Å². The second-order valence-corrected chi connectivity index (χ2v) is 6.49. The zero-order valence-corrected chi connectivity index (χ0v) is 14.0. The molecule has 0 unspecified atom stereocenters. The van der Waals surface area contributed by atoms with E-state index in [-0.39, 0.29) is 18.3 Å². The Morgan fingerprint density at radius 1 is 1.21 bits per heavy atom. The average Bonchev–Trinajstić information content (AvgIpc) is 3.38. The van der Waals surface area contributed by atoms with Crippen LogP contribution in [-0.2, 0) is 17.9 Å². The van der Waals surface area contributed by atoms with E-state index in [9.17, 15) is 9.18 Å². The first-order valence-electron chi connectivity index (χ1n) is 8.41. The van der Waals surface area contributed by atoms with Gasteiger partial charge in [0.15, 0.2) is 0 Å². The molecule has 0 atom stereocenters. The molecule has 0 bridgehead atoms. The molecule has 0 saturated heterocycles. The van der Waals surface area contributed by atoms with Crippen molar-refractivity contribution in [2.24, 2.45) is 0 Å². The van der Waals surface area contributed by atoms with E-state index >= 15 is 0 Å². The van der Waals surface area contributed by atoms with Crippen molar-refractivity contribution in [3.63, 3.8) is 0 Å². The van der Waals surface area contributed by atoms with Gasteiger partial charge in [0, 0.05) is 24.7 Å². The Labute approximate surface area is 142 Å². The first kappa shape index (κ1) is 16.7. The highest BCUT2D eigenvalue weighted by atomic mass is 19.1. The molecule has 1 aliphatic rings. The molecule has 1 amide bonds. The molecule has 0 radical (unpaired) electrons. The van der Waals surface area contributed by atoms with E-state index in [0.29, 0.717) is 18.2 Å². The Bertz CT molecular complexity index is 712. The van der Waals surface area contributed by atoms with Crippen LogP contribution in [0.5, 0.6) is 0 Å². The molecule has 1 saturated carbocycles. The minimum absolute atomic E-state index is 0.0576. The van der Waals surface area contributed by atoms with Gasteiger partial charge in [0.2, 0.25) is 5.91 Å². The topological polar surface area (TPSA) is 32.3 Å². The molecular weight excluding hydrogens is 303 g/mol. The number of carbonyl (C=O) groups is 1. The number of aryl methyl sites for hydroxylation is 1. The molecule has 0 aliphatic heterocycles. The molecule has 0 heterocycles. The van der Waals surface area contributed by atoms with Gasteiger partial charge in [0.05, 0.1) is 6.54 Å². The van der Waals surface area contributed by atoms with Crippen LogP contribution >= 0.6 is 0 Å². The fourth-order valence-corrected chi connectivity index (χ4v) is 2.87. The fraction of sp³-hybridized carbons (Fsp3) is 0.350. The van der Waals surface area contributed by atoms with Crippen molar-refractivity contribution in [3.8, 4) is 0 Å². The van der Waals surface area contributed by atoms with Crippen LogP contribution in [0.15, 0.2) is 48.5 Å². The second-order valence-electron chi connectivity index (χ2n) is 6.49. The Hall–Kier alpha value is -2.20. The van der Waals surface area contributed by atoms with Crippen molar-refractivity contribution < 1.29 is 9.18 Å². The molecule has 1 aliphatic carbocycles. The molecule has 0 aromatic heterocycles. The highest BCUT2D eigenvalue weighted by Gasteiger charge is 2.30. The number of nitrogens with one attached hydrogen (secondary N) is 1. The number of amides is 1. The third-order valence-electron chi connectivity index (χ3n) is 4.31. The summed E-state index contributed by atoms with van der Waals surface area (Å²) in [6.07, 6.45) is 2.29. The lowest BCUT2D eigenvalue weighted by molar-refractivity contribution is -0.122. The summed E-state index contributed by atoms with van der Waals surface area (Å²) < 4.78 is 13.6. The molecular formula is C20H23FN2O. The first-order chi connectivity index (χ1) is 11.6. The molecule has 3 nitrogen and oxygen atoms in total. The van der Waals surface area contributed by atoms with Crippen LogP contribution in [-0.4, -0.2) is 23.4 Å². The van der Waals surface area contributed by atoms with Crippen molar-refractivity contribution in [2.75, 3.05) is 6.54 Å². The highest BCUT2D eigenvalue weighted by Crippen LogP contribution is 2.28. The van der Waals surface area contributed by atoms with Crippen molar-refractivity contribution >= 4 is 5.91 Å². The smallest absolute Gasteiger partial charge is 0.234 e. The number of benzene rings is 2. The van der Waals surface area contributed by atoms with Crippen LogP contribution in [0, 0.1) is 12.7 Å². The predicted molar refractivity (Wildman–Crippen MR) is 92.9 cm³/mol. The third-order valence-corrected chi connectivity index (χ3v) is 4.31. The maximum Gasteiger partial charge on any atom is 0.234 e. The van der Waals surface area contributed by atoms with Crippen molar-refractivity contribution in [3.05, 3.63) is 71.0 Å². The van der Waals surface area contributed by atoms with Crippen molar-refractivity contribution in [2.45, 2.75) is 38.9 Å². The van der Waals surface area contributed by atoms with Crippen LogP contribution in [0.4, 0.5) is 4.39 Å². The molecule has 2 aromatic rings. The van der Waals surface area contributed by atoms with Gasteiger partial charge in [-0.2, -0.15) is 0 Å². The normalized spacial score (nSPS) is 14.0. The van der Waals surface area contributed by atoms with Gasteiger partial charge in [0.1, 0.15) is 5.82 Å². The molecule has 0 spiro atoms. The molecule has 126 valence electrons. The van der Waals surface area contributed by atoms with Gasteiger partial charge in [0.25, 0.3) is 0 Å². The zero-order valence-electron chi connectivity index (χ0n) is 14.0. The number of carbonyl (C=O) groups excluding carboxylic acids is 1. The number of hydrogen-bond donors (Lipinski definition) is 1. The number of halogens is 1. The fourth-order valence-electron chi connectivity index (χ4n) is 2.87. The minimum atomic E-state index is -0.281. The summed E-state index contributed by atoms with van der Waals surface area (Å²) in [7, 11) is 0. The largest absolute Gasteiger partial charge is 0.351 e. The summed E-state index contributed by atoms with van der Waals surface area (Å²) in [6.45, 7) is 3.44. The van der Waals surface area contributed by atoms with Crippen LogP contribution in [0.2, 0.25) is 0 Å². The van der Waals surface area contributed by atoms with E-state index in [0.717, 1.165) is 19.4 Å². The average molecular weight is 326 g/mol. The number of hydrogen-bond acceptors (Lipinski definition) is 2. The van der Waals surface area contributed by atoms with Gasteiger partial charge in [-0.05, 0) is 31.4 Å². The van der Waals surface area contributed by atoms with Crippen LogP contribution in [0.25, 0.3) is 0 Å². The quantitative estimate of drug-likeness (QED) is 0.845. The zero-order chi connectivity index (χ0) is 16.9. The molecule has 4 heteroatoms. The second kappa shape index (κ2) is 7.58. The Morgan fingerprint density at radius 3 is 2.71 bits per heavy atom. The van der Waals surface area contributed by atoms with Gasteiger partial charge < -0.3 is 5.32 Å². The van der Waals surface area contributed by atoms with E-state index in [1.54, 1.807) is 18.2 Å². The molecule has 2 aromatic carbocycles. The standard InChI is InChI=1S/C20H23FN2O/c1-15-5-4-6-16(11-15)13-23(18-9-10-18)14-20(24)22-12-17-7-2-3-8-19(17)21/h2-8,11,18H,9-10,12-14H2,1H3,(H,22,24). The van der Waals surface area contributed by atoms with Gasteiger partial charge >= 0.3 is 0 Å². The summed E-state index contributed by atoms with van der Waals surface area (Å²) in [5.41, 5.74) is 2.97. The monoisotopic (exact) mass is 326 g/mol. The summed E-state index contributed by atoms with van der Waals surface area (Å²) >= 11 is 0. The Balaban J connectivity index is 1.55.